The van der Waals surface area contributed by atoms with Gasteiger partial charge in [0.2, 0.25) is 0 Å². The molecule has 110 valence electrons. The number of sulfone groups is 1. The third-order valence-corrected chi connectivity index (χ3v) is 5.78. The summed E-state index contributed by atoms with van der Waals surface area (Å²) >= 11 is 1.28. The lowest BCUT2D eigenvalue weighted by Gasteiger charge is -2.09. The van der Waals surface area contributed by atoms with E-state index in [1.165, 1.54) is 11.3 Å². The first-order valence-corrected chi connectivity index (χ1v) is 8.67. The number of hydrogen-bond acceptors (Lipinski definition) is 6. The van der Waals surface area contributed by atoms with E-state index in [-0.39, 0.29) is 11.5 Å². The molecule has 0 bridgehead atoms. The van der Waals surface area contributed by atoms with E-state index in [9.17, 15) is 18.0 Å². The SMILES string of the molecule is Cc1nc(NC(=O)C(=O)NC2CCS(=O)(=O)C2)sc1C. The molecule has 1 aliphatic rings. The largest absolute Gasteiger partial charge is 0.344 e. The van der Waals surface area contributed by atoms with Crippen LogP contribution in [0.4, 0.5) is 5.13 Å². The number of nitrogens with one attached hydrogen (secondary N) is 2. The van der Waals surface area contributed by atoms with Crippen molar-refractivity contribution in [3.05, 3.63) is 10.6 Å². The molecule has 20 heavy (non-hydrogen) atoms. The van der Waals surface area contributed by atoms with Gasteiger partial charge >= 0.3 is 11.8 Å². The standard InChI is InChI=1S/C11H15N3O4S2/c1-6-7(2)19-11(12-6)14-10(16)9(15)13-8-3-4-20(17,18)5-8/h8H,3-5H2,1-2H3,(H,13,15)(H,12,14,16). The number of rotatable bonds is 2. The number of hydrogen-bond donors (Lipinski definition) is 2. The molecule has 0 radical (unpaired) electrons. The zero-order valence-electron chi connectivity index (χ0n) is 11.1. The Balaban J connectivity index is 1.91. The minimum Gasteiger partial charge on any atom is -0.344 e. The van der Waals surface area contributed by atoms with Gasteiger partial charge in [0.05, 0.1) is 17.2 Å². The number of aryl methyl sites for hydroxylation is 2. The number of thiazole rings is 1. The fourth-order valence-corrected chi connectivity index (χ4v) is 4.32. The summed E-state index contributed by atoms with van der Waals surface area (Å²) in [5.74, 6) is -1.73. The molecule has 1 aromatic rings. The highest BCUT2D eigenvalue weighted by atomic mass is 32.2. The van der Waals surface area contributed by atoms with Gasteiger partial charge in [-0.25, -0.2) is 13.4 Å². The van der Waals surface area contributed by atoms with E-state index in [1.807, 2.05) is 13.8 Å². The average Bonchev–Trinajstić information content (AvgIpc) is 2.82. The van der Waals surface area contributed by atoms with Crippen LogP contribution in [-0.4, -0.2) is 42.8 Å². The van der Waals surface area contributed by atoms with Crippen LogP contribution in [0.25, 0.3) is 0 Å². The smallest absolute Gasteiger partial charge is 0.315 e. The summed E-state index contributed by atoms with van der Waals surface area (Å²) in [7, 11) is -3.08. The van der Waals surface area contributed by atoms with Crippen LogP contribution < -0.4 is 10.6 Å². The fourth-order valence-electron chi connectivity index (χ4n) is 1.84. The predicted octanol–water partition coefficient (Wildman–Crippen LogP) is 0.00174. The molecule has 2 rings (SSSR count). The third kappa shape index (κ3) is 3.54. The van der Waals surface area contributed by atoms with Gasteiger partial charge in [0.25, 0.3) is 0 Å². The van der Waals surface area contributed by atoms with Crippen LogP contribution in [0, 0.1) is 13.8 Å². The van der Waals surface area contributed by atoms with E-state index >= 15 is 0 Å². The van der Waals surface area contributed by atoms with Crippen LogP contribution in [0.3, 0.4) is 0 Å². The number of amides is 2. The molecule has 2 amide bonds. The fraction of sp³-hybridized carbons (Fsp3) is 0.545. The molecule has 0 spiro atoms. The Morgan fingerprint density at radius 2 is 2.00 bits per heavy atom. The van der Waals surface area contributed by atoms with E-state index < -0.39 is 27.7 Å². The summed E-state index contributed by atoms with van der Waals surface area (Å²) < 4.78 is 22.5. The van der Waals surface area contributed by atoms with E-state index in [4.69, 9.17) is 0 Å². The lowest BCUT2D eigenvalue weighted by molar-refractivity contribution is -0.136. The van der Waals surface area contributed by atoms with E-state index in [0.29, 0.717) is 11.6 Å². The van der Waals surface area contributed by atoms with Crippen molar-refractivity contribution in [2.24, 2.45) is 0 Å². The number of carbonyl (C=O) groups excluding carboxylic acids is 2. The average molecular weight is 317 g/mol. The molecule has 1 unspecified atom stereocenters. The summed E-state index contributed by atoms with van der Waals surface area (Å²) in [6, 6.07) is -0.488. The Labute approximate surface area is 120 Å². The van der Waals surface area contributed by atoms with Crippen molar-refractivity contribution in [1.82, 2.24) is 10.3 Å². The highest BCUT2D eigenvalue weighted by molar-refractivity contribution is 7.91. The zero-order valence-corrected chi connectivity index (χ0v) is 12.7. The molecule has 9 heteroatoms. The maximum atomic E-state index is 11.7. The molecule has 1 aromatic heterocycles. The highest BCUT2D eigenvalue weighted by Gasteiger charge is 2.30. The molecule has 7 nitrogen and oxygen atoms in total. The van der Waals surface area contributed by atoms with Gasteiger partial charge in [0.1, 0.15) is 0 Å². The number of carbonyl (C=O) groups is 2. The second-order valence-corrected chi connectivity index (χ2v) is 8.12. The van der Waals surface area contributed by atoms with Gasteiger partial charge < -0.3 is 5.32 Å². The minimum atomic E-state index is -3.08. The molecule has 2 heterocycles. The van der Waals surface area contributed by atoms with Crippen LogP contribution in [0.15, 0.2) is 0 Å². The van der Waals surface area contributed by atoms with Crippen LogP contribution >= 0.6 is 11.3 Å². The van der Waals surface area contributed by atoms with Crippen LogP contribution in [0.2, 0.25) is 0 Å². The van der Waals surface area contributed by atoms with E-state index in [0.717, 1.165) is 10.6 Å². The van der Waals surface area contributed by atoms with Crippen molar-refractivity contribution in [3.8, 4) is 0 Å². The van der Waals surface area contributed by atoms with Crippen LogP contribution in [-0.2, 0) is 19.4 Å². The van der Waals surface area contributed by atoms with E-state index in [2.05, 4.69) is 15.6 Å². The van der Waals surface area contributed by atoms with Gasteiger partial charge in [0, 0.05) is 10.9 Å². The Morgan fingerprint density at radius 3 is 2.50 bits per heavy atom. The van der Waals surface area contributed by atoms with Crippen molar-refractivity contribution < 1.29 is 18.0 Å². The molecule has 0 saturated carbocycles. The van der Waals surface area contributed by atoms with Crippen molar-refractivity contribution in [2.45, 2.75) is 26.3 Å². The topological polar surface area (TPSA) is 105 Å². The first kappa shape index (κ1) is 14.9. The molecule has 1 fully saturated rings. The first-order valence-electron chi connectivity index (χ1n) is 6.03. The first-order chi connectivity index (χ1) is 9.27. The molecule has 2 N–H and O–H groups in total. The third-order valence-electron chi connectivity index (χ3n) is 3.02. The zero-order chi connectivity index (χ0) is 14.9. The summed E-state index contributed by atoms with van der Waals surface area (Å²) in [6.45, 7) is 3.68. The maximum absolute atomic E-state index is 11.7. The van der Waals surface area contributed by atoms with Crippen molar-refractivity contribution in [3.63, 3.8) is 0 Å². The summed E-state index contributed by atoms with van der Waals surface area (Å²) in [5.41, 5.74) is 0.799. The number of nitrogens with zero attached hydrogens (tertiary/aromatic N) is 1. The van der Waals surface area contributed by atoms with Gasteiger partial charge in [-0.1, -0.05) is 0 Å². The predicted molar refractivity (Wildman–Crippen MR) is 75.4 cm³/mol. The Bertz CT molecular complexity index is 631. The lowest BCUT2D eigenvalue weighted by Crippen LogP contribution is -2.42. The Hall–Kier alpha value is -1.48. The second-order valence-electron chi connectivity index (χ2n) is 4.69. The lowest BCUT2D eigenvalue weighted by atomic mass is 10.2. The van der Waals surface area contributed by atoms with Crippen LogP contribution in [0.1, 0.15) is 17.0 Å². The maximum Gasteiger partial charge on any atom is 0.315 e. The highest BCUT2D eigenvalue weighted by Crippen LogP contribution is 2.20. The Morgan fingerprint density at radius 1 is 1.30 bits per heavy atom. The molecule has 1 aliphatic heterocycles. The van der Waals surface area contributed by atoms with Gasteiger partial charge in [-0.05, 0) is 20.3 Å². The monoisotopic (exact) mass is 317 g/mol. The number of anilines is 1. The van der Waals surface area contributed by atoms with Gasteiger partial charge in [-0.15, -0.1) is 11.3 Å². The summed E-state index contributed by atoms with van der Waals surface area (Å²) in [6.07, 6.45) is 0.344. The Kier molecular flexibility index (Phi) is 4.09. The van der Waals surface area contributed by atoms with Crippen molar-refractivity contribution in [1.29, 1.82) is 0 Å². The summed E-state index contributed by atoms with van der Waals surface area (Å²) in [5, 5.41) is 5.19. The van der Waals surface area contributed by atoms with Gasteiger partial charge in [0.15, 0.2) is 15.0 Å². The minimum absolute atomic E-state index is 0.0461. The number of aromatic nitrogens is 1. The molecular formula is C11H15N3O4S2. The molecular weight excluding hydrogens is 302 g/mol. The van der Waals surface area contributed by atoms with Crippen LogP contribution in [0.5, 0.6) is 0 Å². The van der Waals surface area contributed by atoms with Crippen molar-refractivity contribution >= 4 is 38.1 Å². The second kappa shape index (κ2) is 5.49. The normalized spacial score (nSPS) is 20.6. The molecule has 0 aromatic carbocycles. The molecule has 1 saturated heterocycles. The summed E-state index contributed by atoms with van der Waals surface area (Å²) in [4.78, 5) is 28.4. The van der Waals surface area contributed by atoms with Gasteiger partial charge in [-0.3, -0.25) is 14.9 Å². The molecule has 0 aliphatic carbocycles. The quantitative estimate of drug-likeness (QED) is 0.747. The molecule has 1 atom stereocenters. The van der Waals surface area contributed by atoms with E-state index in [1.54, 1.807) is 0 Å². The van der Waals surface area contributed by atoms with Crippen molar-refractivity contribution in [2.75, 3.05) is 16.8 Å². The van der Waals surface area contributed by atoms with Gasteiger partial charge in [-0.2, -0.15) is 0 Å².